The van der Waals surface area contributed by atoms with Crippen molar-refractivity contribution in [3.63, 3.8) is 0 Å². The summed E-state index contributed by atoms with van der Waals surface area (Å²) in [6, 6.07) is 15.5. The molecule has 19 heavy (non-hydrogen) atoms. The molecular weight excluding hydrogens is 234 g/mol. The molecule has 1 unspecified atom stereocenters. The zero-order chi connectivity index (χ0) is 13.2. The molecule has 2 aromatic carbocycles. The Hall–Kier alpha value is -1.96. The Labute approximate surface area is 114 Å². The minimum atomic E-state index is 0.382. The van der Waals surface area contributed by atoms with Crippen LogP contribution in [0, 0.1) is 0 Å². The van der Waals surface area contributed by atoms with Crippen molar-refractivity contribution >= 4 is 5.69 Å². The predicted octanol–water partition coefficient (Wildman–Crippen LogP) is 3.97. The number of fused-ring (bicyclic) bond motifs is 1. The molecule has 1 aliphatic heterocycles. The molecule has 2 nitrogen and oxygen atoms in total. The lowest BCUT2D eigenvalue weighted by molar-refractivity contribution is 0.414. The Bertz CT molecular complexity index is 574. The fourth-order valence-electron chi connectivity index (χ4n) is 2.67. The van der Waals surface area contributed by atoms with Gasteiger partial charge in [0, 0.05) is 5.69 Å². The highest BCUT2D eigenvalue weighted by atomic mass is 16.5. The van der Waals surface area contributed by atoms with Crippen LogP contribution in [0.3, 0.4) is 0 Å². The van der Waals surface area contributed by atoms with Crippen LogP contribution in [0.5, 0.6) is 5.75 Å². The van der Waals surface area contributed by atoms with E-state index in [1.54, 1.807) is 7.11 Å². The van der Waals surface area contributed by atoms with E-state index in [-0.39, 0.29) is 0 Å². The zero-order valence-electron chi connectivity index (χ0n) is 11.4. The molecule has 3 rings (SSSR count). The first-order valence-corrected chi connectivity index (χ1v) is 6.82. The molecule has 1 aliphatic rings. The molecule has 0 fully saturated rings. The van der Waals surface area contributed by atoms with Crippen LogP contribution in [0.1, 0.15) is 29.7 Å². The number of ether oxygens (including phenoxy) is 1. The molecule has 1 N–H and O–H groups in total. The molecule has 0 spiro atoms. The number of rotatable bonds is 3. The van der Waals surface area contributed by atoms with Gasteiger partial charge in [-0.3, -0.25) is 0 Å². The summed E-state index contributed by atoms with van der Waals surface area (Å²) in [5.74, 6) is 0.910. The van der Waals surface area contributed by atoms with Crippen molar-refractivity contribution in [2.24, 2.45) is 0 Å². The first-order valence-electron chi connectivity index (χ1n) is 6.82. The highest BCUT2D eigenvalue weighted by Gasteiger charge is 2.21. The van der Waals surface area contributed by atoms with Gasteiger partial charge in [-0.05, 0) is 47.7 Å². The summed E-state index contributed by atoms with van der Waals surface area (Å²) in [5.41, 5.74) is 5.43. The quantitative estimate of drug-likeness (QED) is 0.893. The number of hydrogen-bond acceptors (Lipinski definition) is 2. The lowest BCUT2D eigenvalue weighted by atomic mass is 10.0. The fraction of sp³-hybridized carbons (Fsp3) is 0.294. The molecule has 0 saturated heterocycles. The van der Waals surface area contributed by atoms with Crippen LogP contribution in [-0.4, -0.2) is 7.11 Å². The van der Waals surface area contributed by atoms with Crippen LogP contribution in [0.25, 0.3) is 0 Å². The van der Waals surface area contributed by atoms with Crippen molar-refractivity contribution < 1.29 is 4.74 Å². The van der Waals surface area contributed by atoms with Crippen LogP contribution in [0.4, 0.5) is 5.69 Å². The Morgan fingerprint density at radius 3 is 2.63 bits per heavy atom. The third-order valence-electron chi connectivity index (χ3n) is 3.85. The van der Waals surface area contributed by atoms with Crippen LogP contribution < -0.4 is 10.1 Å². The monoisotopic (exact) mass is 253 g/mol. The van der Waals surface area contributed by atoms with Crippen molar-refractivity contribution in [1.29, 1.82) is 0 Å². The maximum absolute atomic E-state index is 5.20. The standard InChI is InChI=1S/C17H19NO/c1-3-12-4-9-16-14(10-12)11-17(18-16)13-5-7-15(19-2)8-6-13/h4-10,17-18H,3,11H2,1-2H3. The van der Waals surface area contributed by atoms with E-state index in [9.17, 15) is 0 Å². The maximum Gasteiger partial charge on any atom is 0.118 e. The van der Waals surface area contributed by atoms with Crippen molar-refractivity contribution in [2.75, 3.05) is 12.4 Å². The SMILES string of the molecule is CCc1ccc2c(c1)CC(c1ccc(OC)cc1)N2. The van der Waals surface area contributed by atoms with Crippen molar-refractivity contribution in [2.45, 2.75) is 25.8 Å². The van der Waals surface area contributed by atoms with E-state index < -0.39 is 0 Å². The van der Waals surface area contributed by atoms with Crippen molar-refractivity contribution in [1.82, 2.24) is 0 Å². The summed E-state index contributed by atoms with van der Waals surface area (Å²) >= 11 is 0. The molecule has 2 heteroatoms. The molecule has 0 bridgehead atoms. The van der Waals surface area contributed by atoms with Crippen LogP contribution in [0.2, 0.25) is 0 Å². The van der Waals surface area contributed by atoms with Gasteiger partial charge >= 0.3 is 0 Å². The Morgan fingerprint density at radius 1 is 1.16 bits per heavy atom. The minimum Gasteiger partial charge on any atom is -0.497 e. The van der Waals surface area contributed by atoms with Gasteiger partial charge in [0.05, 0.1) is 13.2 Å². The molecule has 0 aromatic heterocycles. The summed E-state index contributed by atoms with van der Waals surface area (Å²) in [6.45, 7) is 2.20. The molecule has 0 amide bonds. The van der Waals surface area contributed by atoms with Gasteiger partial charge in [0.1, 0.15) is 5.75 Å². The number of aryl methyl sites for hydroxylation is 1. The predicted molar refractivity (Wildman–Crippen MR) is 78.9 cm³/mol. The second kappa shape index (κ2) is 4.96. The highest BCUT2D eigenvalue weighted by molar-refractivity contribution is 5.59. The molecule has 0 radical (unpaired) electrons. The molecule has 2 aromatic rings. The van der Waals surface area contributed by atoms with Crippen LogP contribution in [0.15, 0.2) is 42.5 Å². The Balaban J connectivity index is 1.82. The molecule has 1 atom stereocenters. The van der Waals surface area contributed by atoms with Gasteiger partial charge in [-0.25, -0.2) is 0 Å². The van der Waals surface area contributed by atoms with Crippen molar-refractivity contribution in [3.8, 4) is 5.75 Å². The summed E-state index contributed by atoms with van der Waals surface area (Å²) in [7, 11) is 1.70. The van der Waals surface area contributed by atoms with Gasteiger partial charge in [-0.15, -0.1) is 0 Å². The number of methoxy groups -OCH3 is 1. The molecular formula is C17H19NO. The van der Waals surface area contributed by atoms with Gasteiger partial charge in [0.2, 0.25) is 0 Å². The lowest BCUT2D eigenvalue weighted by Gasteiger charge is -2.12. The molecule has 98 valence electrons. The number of benzene rings is 2. The van der Waals surface area contributed by atoms with Crippen LogP contribution >= 0.6 is 0 Å². The normalized spacial score (nSPS) is 16.8. The first kappa shape index (κ1) is 12.1. The van der Waals surface area contributed by atoms with Gasteiger partial charge < -0.3 is 10.1 Å². The van der Waals surface area contributed by atoms with E-state index in [4.69, 9.17) is 4.74 Å². The van der Waals surface area contributed by atoms with E-state index in [0.717, 1.165) is 18.6 Å². The lowest BCUT2D eigenvalue weighted by Crippen LogP contribution is -2.05. The van der Waals surface area contributed by atoms with Gasteiger partial charge in [-0.1, -0.05) is 31.2 Å². The molecule has 0 saturated carbocycles. The summed E-state index contributed by atoms with van der Waals surface area (Å²) in [6.07, 6.45) is 2.16. The smallest absolute Gasteiger partial charge is 0.118 e. The number of anilines is 1. The second-order valence-corrected chi connectivity index (χ2v) is 5.02. The summed E-state index contributed by atoms with van der Waals surface area (Å²) in [5, 5.41) is 3.60. The average molecular weight is 253 g/mol. The van der Waals surface area contributed by atoms with Crippen LogP contribution in [-0.2, 0) is 12.8 Å². The van der Waals surface area contributed by atoms with E-state index in [1.165, 1.54) is 22.4 Å². The Kier molecular flexibility index (Phi) is 3.16. The van der Waals surface area contributed by atoms with E-state index in [2.05, 4.69) is 42.6 Å². The van der Waals surface area contributed by atoms with Gasteiger partial charge in [-0.2, -0.15) is 0 Å². The third kappa shape index (κ3) is 2.30. The highest BCUT2D eigenvalue weighted by Crippen LogP contribution is 2.35. The Morgan fingerprint density at radius 2 is 1.95 bits per heavy atom. The second-order valence-electron chi connectivity index (χ2n) is 5.02. The summed E-state index contributed by atoms with van der Waals surface area (Å²) < 4.78 is 5.20. The maximum atomic E-state index is 5.20. The fourth-order valence-corrected chi connectivity index (χ4v) is 2.67. The number of nitrogens with one attached hydrogen (secondary N) is 1. The van der Waals surface area contributed by atoms with E-state index >= 15 is 0 Å². The summed E-state index contributed by atoms with van der Waals surface area (Å²) in [4.78, 5) is 0. The van der Waals surface area contributed by atoms with Crippen molar-refractivity contribution in [3.05, 3.63) is 59.2 Å². The third-order valence-corrected chi connectivity index (χ3v) is 3.85. The number of hydrogen-bond donors (Lipinski definition) is 1. The average Bonchev–Trinajstić information content (AvgIpc) is 2.90. The topological polar surface area (TPSA) is 21.3 Å². The van der Waals surface area contributed by atoms with Gasteiger partial charge in [0.25, 0.3) is 0 Å². The van der Waals surface area contributed by atoms with E-state index in [1.807, 2.05) is 12.1 Å². The first-order chi connectivity index (χ1) is 9.30. The van der Waals surface area contributed by atoms with E-state index in [0.29, 0.717) is 6.04 Å². The van der Waals surface area contributed by atoms with Gasteiger partial charge in [0.15, 0.2) is 0 Å². The largest absolute Gasteiger partial charge is 0.497 e. The molecule has 1 heterocycles. The molecule has 0 aliphatic carbocycles. The minimum absolute atomic E-state index is 0.382. The zero-order valence-corrected chi connectivity index (χ0v) is 11.4.